The van der Waals surface area contributed by atoms with E-state index in [1.54, 1.807) is 24.3 Å². The van der Waals surface area contributed by atoms with Crippen molar-refractivity contribution in [3.8, 4) is 11.1 Å². The number of fused-ring (bicyclic) bond motifs is 1. The Morgan fingerprint density at radius 1 is 0.975 bits per heavy atom. The summed E-state index contributed by atoms with van der Waals surface area (Å²) in [5.41, 5.74) is 6.04. The molecular weight excluding hydrogens is 503 g/mol. The van der Waals surface area contributed by atoms with Crippen molar-refractivity contribution in [1.29, 1.82) is 0 Å². The summed E-state index contributed by atoms with van der Waals surface area (Å²) in [6.45, 7) is 7.42. The van der Waals surface area contributed by atoms with Gasteiger partial charge in [-0.1, -0.05) is 30.3 Å². The number of anilines is 1. The average molecular weight is 539 g/mol. The van der Waals surface area contributed by atoms with Gasteiger partial charge < -0.3 is 10.6 Å². The van der Waals surface area contributed by atoms with E-state index >= 15 is 0 Å². The molecule has 0 atom stereocenters. The predicted molar refractivity (Wildman–Crippen MR) is 158 cm³/mol. The quantitative estimate of drug-likeness (QED) is 0.275. The van der Waals surface area contributed by atoms with E-state index in [2.05, 4.69) is 21.6 Å². The number of hydrogen-bond acceptors (Lipinski definition) is 4. The molecule has 40 heavy (non-hydrogen) atoms. The van der Waals surface area contributed by atoms with Crippen LogP contribution in [-0.4, -0.2) is 41.3 Å². The smallest absolute Gasteiger partial charge is 0.255 e. The molecule has 0 unspecified atom stereocenters. The monoisotopic (exact) mass is 538 g/mol. The molecular formula is C33H35FN4O2. The molecule has 0 saturated carbocycles. The van der Waals surface area contributed by atoms with Crippen molar-refractivity contribution in [2.75, 3.05) is 25.0 Å². The third kappa shape index (κ3) is 6.54. The number of benzene rings is 3. The van der Waals surface area contributed by atoms with Crippen molar-refractivity contribution in [1.82, 2.24) is 15.2 Å². The molecule has 5 rings (SSSR count). The Kier molecular flexibility index (Phi) is 8.51. The first-order valence-electron chi connectivity index (χ1n) is 13.9. The van der Waals surface area contributed by atoms with Gasteiger partial charge >= 0.3 is 0 Å². The third-order valence-corrected chi connectivity index (χ3v) is 7.70. The van der Waals surface area contributed by atoms with Gasteiger partial charge in [-0.2, -0.15) is 0 Å². The Labute approximate surface area is 234 Å². The number of rotatable bonds is 8. The van der Waals surface area contributed by atoms with Gasteiger partial charge in [-0.25, -0.2) is 4.39 Å². The number of likely N-dealkylation sites (tertiary alicyclic amines) is 1. The second-order valence-corrected chi connectivity index (χ2v) is 10.6. The van der Waals surface area contributed by atoms with Gasteiger partial charge in [0.05, 0.1) is 5.52 Å². The minimum absolute atomic E-state index is 0.158. The average Bonchev–Trinajstić information content (AvgIpc) is 2.96. The van der Waals surface area contributed by atoms with Crippen LogP contribution in [0.4, 0.5) is 10.1 Å². The van der Waals surface area contributed by atoms with E-state index in [1.807, 2.05) is 44.3 Å². The van der Waals surface area contributed by atoms with E-state index in [1.165, 1.54) is 12.1 Å². The van der Waals surface area contributed by atoms with E-state index < -0.39 is 0 Å². The van der Waals surface area contributed by atoms with Crippen molar-refractivity contribution in [2.45, 2.75) is 39.7 Å². The number of carbonyl (C=O) groups is 2. The maximum absolute atomic E-state index is 13.2. The highest BCUT2D eigenvalue weighted by Crippen LogP contribution is 2.27. The lowest BCUT2D eigenvalue weighted by Crippen LogP contribution is -2.35. The molecule has 1 saturated heterocycles. The van der Waals surface area contributed by atoms with Crippen LogP contribution < -0.4 is 10.6 Å². The summed E-state index contributed by atoms with van der Waals surface area (Å²) in [7, 11) is 0. The molecule has 0 spiro atoms. The Morgan fingerprint density at radius 3 is 2.33 bits per heavy atom. The molecule has 0 aliphatic carbocycles. The molecule has 2 N–H and O–H groups in total. The van der Waals surface area contributed by atoms with Crippen LogP contribution in [0.2, 0.25) is 0 Å². The number of amides is 2. The Bertz CT molecular complexity index is 1490. The number of aromatic nitrogens is 1. The van der Waals surface area contributed by atoms with E-state index in [-0.39, 0.29) is 17.6 Å². The number of nitrogens with one attached hydrogen (secondary N) is 2. The Morgan fingerprint density at radius 2 is 1.65 bits per heavy atom. The fraction of sp³-hybridized carbons (Fsp3) is 0.303. The van der Waals surface area contributed by atoms with Crippen LogP contribution in [-0.2, 0) is 11.3 Å². The van der Waals surface area contributed by atoms with Crippen LogP contribution in [0.1, 0.15) is 47.7 Å². The second-order valence-electron chi connectivity index (χ2n) is 10.6. The number of nitrogens with zero attached hydrogens (tertiary/aromatic N) is 2. The summed E-state index contributed by atoms with van der Waals surface area (Å²) >= 11 is 0. The molecule has 1 aliphatic heterocycles. The number of carbonyl (C=O) groups excluding carboxylic acids is 2. The van der Waals surface area contributed by atoms with E-state index in [9.17, 15) is 14.0 Å². The maximum Gasteiger partial charge on any atom is 0.255 e. The van der Waals surface area contributed by atoms with Crippen LogP contribution in [0.3, 0.4) is 0 Å². The predicted octanol–water partition coefficient (Wildman–Crippen LogP) is 6.34. The highest BCUT2D eigenvalue weighted by Gasteiger charge is 2.21. The lowest BCUT2D eigenvalue weighted by atomic mass is 9.93. The maximum atomic E-state index is 13.2. The summed E-state index contributed by atoms with van der Waals surface area (Å²) in [4.78, 5) is 32.1. The van der Waals surface area contributed by atoms with Crippen molar-refractivity contribution >= 4 is 28.4 Å². The van der Waals surface area contributed by atoms with Gasteiger partial charge in [0.1, 0.15) is 5.82 Å². The van der Waals surface area contributed by atoms with Crippen LogP contribution in [0.25, 0.3) is 22.0 Å². The molecule has 2 heterocycles. The fourth-order valence-corrected chi connectivity index (χ4v) is 5.40. The molecule has 2 amide bonds. The first-order valence-corrected chi connectivity index (χ1v) is 13.9. The number of hydrogen-bond donors (Lipinski definition) is 2. The van der Waals surface area contributed by atoms with Crippen LogP contribution in [0.15, 0.2) is 72.9 Å². The number of pyridine rings is 1. The van der Waals surface area contributed by atoms with Crippen molar-refractivity contribution in [3.63, 3.8) is 0 Å². The lowest BCUT2D eigenvalue weighted by Gasteiger charge is -2.31. The Hall–Kier alpha value is -4.10. The van der Waals surface area contributed by atoms with Crippen molar-refractivity contribution in [2.24, 2.45) is 5.92 Å². The molecule has 206 valence electrons. The van der Waals surface area contributed by atoms with Crippen molar-refractivity contribution in [3.05, 3.63) is 95.4 Å². The summed E-state index contributed by atoms with van der Waals surface area (Å²) in [5.74, 6) is 0.148. The number of halogens is 1. The SMILES string of the molecule is CCNC(=O)CC1CCN(Cc2cnc3c(C)c(NC(=O)c4ccc(-c5ccc(F)cc5)cc4)ccc3c2)CC1. The van der Waals surface area contributed by atoms with E-state index in [0.717, 1.165) is 71.3 Å². The zero-order chi connectivity index (χ0) is 28.1. The highest BCUT2D eigenvalue weighted by molar-refractivity contribution is 6.06. The number of piperidine rings is 1. The first kappa shape index (κ1) is 27.5. The Balaban J connectivity index is 1.20. The molecule has 3 aromatic carbocycles. The van der Waals surface area contributed by atoms with E-state index in [0.29, 0.717) is 24.4 Å². The normalized spacial score (nSPS) is 14.3. The molecule has 0 bridgehead atoms. The van der Waals surface area contributed by atoms with Crippen molar-refractivity contribution < 1.29 is 14.0 Å². The highest BCUT2D eigenvalue weighted by atomic mass is 19.1. The summed E-state index contributed by atoms with van der Waals surface area (Å²) in [6.07, 6.45) is 4.62. The van der Waals surface area contributed by atoms with Gasteiger partial charge in [0.25, 0.3) is 5.91 Å². The van der Waals surface area contributed by atoms with Crippen LogP contribution in [0.5, 0.6) is 0 Å². The minimum Gasteiger partial charge on any atom is -0.356 e. The van der Waals surface area contributed by atoms with Gasteiger partial charge in [-0.05, 0) is 104 Å². The minimum atomic E-state index is -0.276. The molecule has 1 fully saturated rings. The fourth-order valence-electron chi connectivity index (χ4n) is 5.40. The lowest BCUT2D eigenvalue weighted by molar-refractivity contribution is -0.122. The van der Waals surface area contributed by atoms with Gasteiger partial charge in [0.15, 0.2) is 0 Å². The summed E-state index contributed by atoms with van der Waals surface area (Å²) < 4.78 is 13.2. The molecule has 1 aliphatic rings. The largest absolute Gasteiger partial charge is 0.356 e. The van der Waals surface area contributed by atoms with Crippen LogP contribution >= 0.6 is 0 Å². The topological polar surface area (TPSA) is 74.3 Å². The van der Waals surface area contributed by atoms with Crippen LogP contribution in [0, 0.1) is 18.7 Å². The van der Waals surface area contributed by atoms with E-state index in [4.69, 9.17) is 4.98 Å². The second kappa shape index (κ2) is 12.4. The zero-order valence-corrected chi connectivity index (χ0v) is 23.0. The third-order valence-electron chi connectivity index (χ3n) is 7.70. The molecule has 0 radical (unpaired) electrons. The zero-order valence-electron chi connectivity index (χ0n) is 23.0. The molecule has 6 nitrogen and oxygen atoms in total. The van der Waals surface area contributed by atoms with Gasteiger partial charge in [-0.3, -0.25) is 19.5 Å². The molecule has 7 heteroatoms. The summed E-state index contributed by atoms with van der Waals surface area (Å²) in [5, 5.41) is 6.97. The van der Waals surface area contributed by atoms with Gasteiger partial charge in [0, 0.05) is 42.3 Å². The number of aryl methyl sites for hydroxylation is 1. The van der Waals surface area contributed by atoms with Gasteiger partial charge in [0.2, 0.25) is 5.91 Å². The summed E-state index contributed by atoms with van der Waals surface area (Å²) in [6, 6.07) is 19.7. The molecule has 4 aromatic rings. The first-order chi connectivity index (χ1) is 19.4. The van der Waals surface area contributed by atoms with Gasteiger partial charge in [-0.15, -0.1) is 0 Å². The standard InChI is InChI=1S/C33H35FN4O2/c1-3-35-31(39)19-23-14-16-38(17-15-23)21-24-18-28-10-13-30(22(2)32(28)36-20-24)37-33(40)27-6-4-25(5-7-27)26-8-11-29(34)12-9-26/h4-13,18,20,23H,3,14-17,19,21H2,1-2H3,(H,35,39)(H,37,40). The molecule has 1 aromatic heterocycles.